The quantitative estimate of drug-likeness (QED) is 0.125. The molecule has 1 amide bonds. The Balaban J connectivity index is 1.13. The number of nitrogens with zero attached hydrogens (tertiary/aromatic N) is 1. The van der Waals surface area contributed by atoms with Crippen molar-refractivity contribution >= 4 is 11.9 Å². The lowest BCUT2D eigenvalue weighted by molar-refractivity contribution is -0.134. The van der Waals surface area contributed by atoms with Gasteiger partial charge in [0.15, 0.2) is 0 Å². The summed E-state index contributed by atoms with van der Waals surface area (Å²) < 4.78 is 5.56. The van der Waals surface area contributed by atoms with Crippen molar-refractivity contribution in [2.75, 3.05) is 6.54 Å². The van der Waals surface area contributed by atoms with Crippen LogP contribution in [0.25, 0.3) is 11.1 Å². The summed E-state index contributed by atoms with van der Waals surface area (Å²) in [7, 11) is 0. The molecular formula is C33H37NO4. The number of benzene rings is 3. The number of aliphatic hydroxyl groups is 1. The maximum atomic E-state index is 12.4. The zero-order chi connectivity index (χ0) is 26.6. The minimum Gasteiger partial charge on any atom is -0.427 e. The van der Waals surface area contributed by atoms with Crippen LogP contribution in [0.15, 0.2) is 97.1 Å². The topological polar surface area (TPSA) is 66.8 Å². The smallest absolute Gasteiger partial charge is 0.311 e. The zero-order valence-electron chi connectivity index (χ0n) is 21.9. The molecule has 198 valence electrons. The van der Waals surface area contributed by atoms with E-state index in [1.807, 2.05) is 102 Å². The van der Waals surface area contributed by atoms with Crippen LogP contribution in [-0.4, -0.2) is 40.6 Å². The van der Waals surface area contributed by atoms with Gasteiger partial charge in [-0.05, 0) is 48.1 Å². The maximum Gasteiger partial charge on any atom is 0.311 e. The van der Waals surface area contributed by atoms with Crippen molar-refractivity contribution in [3.05, 3.63) is 103 Å². The molecule has 2 atom stereocenters. The van der Waals surface area contributed by atoms with Crippen molar-refractivity contribution in [1.82, 2.24) is 4.90 Å². The van der Waals surface area contributed by atoms with E-state index in [1.165, 1.54) is 0 Å². The molecule has 0 bridgehead atoms. The van der Waals surface area contributed by atoms with Crippen LogP contribution in [0.5, 0.6) is 5.75 Å². The Labute approximate surface area is 225 Å². The Morgan fingerprint density at radius 3 is 2.42 bits per heavy atom. The largest absolute Gasteiger partial charge is 0.427 e. The highest BCUT2D eigenvalue weighted by Gasteiger charge is 2.28. The molecule has 0 radical (unpaired) electrons. The van der Waals surface area contributed by atoms with E-state index in [-0.39, 0.29) is 17.9 Å². The lowest BCUT2D eigenvalue weighted by Gasteiger charge is -2.22. The molecule has 3 aromatic carbocycles. The molecule has 1 N–H and O–H groups in total. The number of aliphatic hydroxyl groups excluding tert-OH is 1. The lowest BCUT2D eigenvalue weighted by Crippen LogP contribution is -2.32. The van der Waals surface area contributed by atoms with Gasteiger partial charge in [-0.2, -0.15) is 0 Å². The summed E-state index contributed by atoms with van der Waals surface area (Å²) in [4.78, 5) is 26.6. The summed E-state index contributed by atoms with van der Waals surface area (Å²) in [5.74, 6) is 0.527. The van der Waals surface area contributed by atoms with Gasteiger partial charge in [0.05, 0.1) is 12.1 Å². The number of likely N-dealkylation sites (tertiary alicyclic amines) is 1. The predicted molar refractivity (Wildman–Crippen MR) is 151 cm³/mol. The van der Waals surface area contributed by atoms with Crippen molar-refractivity contribution < 1.29 is 19.4 Å². The molecule has 5 heteroatoms. The van der Waals surface area contributed by atoms with Gasteiger partial charge in [-0.3, -0.25) is 9.59 Å². The monoisotopic (exact) mass is 511 g/mol. The van der Waals surface area contributed by atoms with E-state index in [1.54, 1.807) is 0 Å². The van der Waals surface area contributed by atoms with Gasteiger partial charge in [0.2, 0.25) is 5.91 Å². The van der Waals surface area contributed by atoms with Crippen molar-refractivity contribution in [2.24, 2.45) is 0 Å². The molecule has 1 heterocycles. The van der Waals surface area contributed by atoms with Crippen LogP contribution >= 0.6 is 0 Å². The molecule has 38 heavy (non-hydrogen) atoms. The number of hydrogen-bond acceptors (Lipinski definition) is 4. The Bertz CT molecular complexity index is 1190. The van der Waals surface area contributed by atoms with E-state index in [0.717, 1.165) is 48.8 Å². The van der Waals surface area contributed by atoms with Gasteiger partial charge in [0.1, 0.15) is 5.75 Å². The van der Waals surface area contributed by atoms with E-state index in [4.69, 9.17) is 4.74 Å². The minimum atomic E-state index is -0.560. The SMILES string of the molecule is O=C(CCCCCCN1C(=O)CC[C@@H]1/C=C/[C@@H](O)Cc1ccccc1)Oc1cccc(-c2ccccc2)c1. The molecule has 1 saturated heterocycles. The van der Waals surface area contributed by atoms with Gasteiger partial charge in [-0.15, -0.1) is 0 Å². The molecule has 3 aromatic rings. The average molecular weight is 512 g/mol. The van der Waals surface area contributed by atoms with E-state index >= 15 is 0 Å². The number of ether oxygens (including phenoxy) is 1. The van der Waals surface area contributed by atoms with Crippen LogP contribution in [0.3, 0.4) is 0 Å². The molecule has 1 aliphatic heterocycles. The summed E-state index contributed by atoms with van der Waals surface area (Å²) in [5, 5.41) is 10.4. The minimum absolute atomic E-state index is 0.0505. The highest BCUT2D eigenvalue weighted by Crippen LogP contribution is 2.24. The van der Waals surface area contributed by atoms with Gasteiger partial charge >= 0.3 is 5.97 Å². The second-order valence-electron chi connectivity index (χ2n) is 9.87. The number of carbonyl (C=O) groups excluding carboxylic acids is 2. The lowest BCUT2D eigenvalue weighted by atomic mass is 10.1. The van der Waals surface area contributed by atoms with Crippen LogP contribution in [0.2, 0.25) is 0 Å². The first-order chi connectivity index (χ1) is 18.6. The second-order valence-corrected chi connectivity index (χ2v) is 9.87. The molecule has 0 spiro atoms. The molecule has 5 nitrogen and oxygen atoms in total. The van der Waals surface area contributed by atoms with Crippen molar-refractivity contribution in [1.29, 1.82) is 0 Å². The first-order valence-electron chi connectivity index (χ1n) is 13.6. The first-order valence-corrected chi connectivity index (χ1v) is 13.6. The van der Waals surface area contributed by atoms with Crippen LogP contribution in [0, 0.1) is 0 Å². The third kappa shape index (κ3) is 8.42. The van der Waals surface area contributed by atoms with E-state index in [9.17, 15) is 14.7 Å². The number of esters is 1. The van der Waals surface area contributed by atoms with Crippen molar-refractivity contribution in [2.45, 2.75) is 63.5 Å². The van der Waals surface area contributed by atoms with Gasteiger partial charge in [-0.25, -0.2) is 0 Å². The summed E-state index contributed by atoms with van der Waals surface area (Å²) in [6.07, 6.45) is 9.08. The fourth-order valence-electron chi connectivity index (χ4n) is 4.88. The summed E-state index contributed by atoms with van der Waals surface area (Å²) in [6, 6.07) is 27.6. The van der Waals surface area contributed by atoms with E-state index in [0.29, 0.717) is 31.6 Å². The molecule has 0 aromatic heterocycles. The number of unbranched alkanes of at least 4 members (excludes halogenated alkanes) is 3. The Morgan fingerprint density at radius 1 is 0.921 bits per heavy atom. The third-order valence-electron chi connectivity index (χ3n) is 6.92. The first kappa shape index (κ1) is 27.3. The van der Waals surface area contributed by atoms with Crippen molar-refractivity contribution in [3.63, 3.8) is 0 Å². The summed E-state index contributed by atoms with van der Waals surface area (Å²) in [5.41, 5.74) is 3.20. The van der Waals surface area contributed by atoms with Crippen LogP contribution in [0.1, 0.15) is 50.5 Å². The summed E-state index contributed by atoms with van der Waals surface area (Å²) >= 11 is 0. The van der Waals surface area contributed by atoms with E-state index in [2.05, 4.69) is 0 Å². The van der Waals surface area contributed by atoms with Gasteiger partial charge < -0.3 is 14.7 Å². The number of amides is 1. The Kier molecular flexibility index (Phi) is 10.3. The van der Waals surface area contributed by atoms with E-state index < -0.39 is 6.10 Å². The highest BCUT2D eigenvalue weighted by molar-refractivity contribution is 5.79. The number of rotatable bonds is 13. The van der Waals surface area contributed by atoms with Gasteiger partial charge in [0.25, 0.3) is 0 Å². The molecule has 0 saturated carbocycles. The third-order valence-corrected chi connectivity index (χ3v) is 6.92. The van der Waals surface area contributed by atoms with Crippen LogP contribution in [-0.2, 0) is 16.0 Å². The zero-order valence-corrected chi connectivity index (χ0v) is 21.9. The predicted octanol–water partition coefficient (Wildman–Crippen LogP) is 6.36. The van der Waals surface area contributed by atoms with Gasteiger partial charge in [0, 0.05) is 25.8 Å². The van der Waals surface area contributed by atoms with Crippen molar-refractivity contribution in [3.8, 4) is 16.9 Å². The van der Waals surface area contributed by atoms with Crippen LogP contribution < -0.4 is 4.74 Å². The second kappa shape index (κ2) is 14.3. The Hall–Kier alpha value is -3.70. The highest BCUT2D eigenvalue weighted by atomic mass is 16.5. The average Bonchev–Trinajstić information content (AvgIpc) is 3.29. The Morgan fingerprint density at radius 2 is 1.63 bits per heavy atom. The van der Waals surface area contributed by atoms with Gasteiger partial charge in [-0.1, -0.05) is 97.8 Å². The standard InChI is InChI=1S/C33H37NO4/c35-30(24-26-12-5-3-6-13-26)21-19-29-20-22-32(36)34(29)23-10-2-1-9-18-33(37)38-31-17-11-16-28(25-31)27-14-7-4-8-15-27/h3-8,11-17,19,21,25,29-30,35H,1-2,9-10,18,20,22-24H2/b21-19+/t29-,30+/m0/s1. The number of hydrogen-bond donors (Lipinski definition) is 1. The van der Waals surface area contributed by atoms with Crippen LogP contribution in [0.4, 0.5) is 0 Å². The fraction of sp³-hybridized carbons (Fsp3) is 0.333. The number of carbonyl (C=O) groups is 2. The molecule has 1 aliphatic rings. The molecule has 1 fully saturated rings. The summed E-state index contributed by atoms with van der Waals surface area (Å²) in [6.45, 7) is 0.708. The molecule has 0 aliphatic carbocycles. The molecule has 4 rings (SSSR count). The molecular weight excluding hydrogens is 474 g/mol. The normalized spacial score (nSPS) is 16.2. The maximum absolute atomic E-state index is 12.4. The fourth-order valence-corrected chi connectivity index (χ4v) is 4.88. The molecule has 0 unspecified atom stereocenters.